The van der Waals surface area contributed by atoms with Gasteiger partial charge in [-0.2, -0.15) is 0 Å². The molecule has 0 radical (unpaired) electrons. The van der Waals surface area contributed by atoms with E-state index in [9.17, 15) is 4.79 Å². The summed E-state index contributed by atoms with van der Waals surface area (Å²) in [5, 5.41) is 8.82. The maximum absolute atomic E-state index is 11.9. The van der Waals surface area contributed by atoms with E-state index in [4.69, 9.17) is 15.6 Å². The van der Waals surface area contributed by atoms with Crippen LogP contribution in [0.1, 0.15) is 6.42 Å². The van der Waals surface area contributed by atoms with Crippen LogP contribution in [0.2, 0.25) is 0 Å². The molecule has 2 saturated heterocycles. The van der Waals surface area contributed by atoms with Crippen molar-refractivity contribution in [2.45, 2.75) is 12.0 Å². The minimum Gasteiger partial charge on any atom is -0.396 e. The molecule has 1 atom stereocenters. The number of likely N-dealkylation sites (tertiary alicyclic amines) is 1. The lowest BCUT2D eigenvalue weighted by molar-refractivity contribution is -0.144. The molecule has 14 heavy (non-hydrogen) atoms. The molecule has 0 aromatic heterocycles. The van der Waals surface area contributed by atoms with E-state index in [1.807, 2.05) is 0 Å². The highest BCUT2D eigenvalue weighted by atomic mass is 16.5. The van der Waals surface area contributed by atoms with E-state index in [1.54, 1.807) is 4.90 Å². The first kappa shape index (κ1) is 9.89. The number of hydrogen-bond acceptors (Lipinski definition) is 4. The molecule has 3 N–H and O–H groups in total. The molecule has 0 aromatic carbocycles. The van der Waals surface area contributed by atoms with Crippen molar-refractivity contribution in [3.05, 3.63) is 0 Å². The fraction of sp³-hybridized carbons (Fsp3) is 0.889. The summed E-state index contributed by atoms with van der Waals surface area (Å²) in [6, 6.07) is 0. The van der Waals surface area contributed by atoms with E-state index >= 15 is 0 Å². The van der Waals surface area contributed by atoms with Crippen molar-refractivity contribution in [2.75, 3.05) is 32.9 Å². The molecule has 80 valence electrons. The molecule has 2 rings (SSSR count). The molecule has 0 spiro atoms. The number of carbonyl (C=O) groups is 1. The third-order valence-corrected chi connectivity index (χ3v) is 2.98. The largest absolute Gasteiger partial charge is 0.396 e. The van der Waals surface area contributed by atoms with Crippen molar-refractivity contribution in [3.63, 3.8) is 0 Å². The number of hydrogen-bond donors (Lipinski definition) is 2. The van der Waals surface area contributed by atoms with Gasteiger partial charge in [-0.15, -0.1) is 0 Å². The van der Waals surface area contributed by atoms with Crippen LogP contribution >= 0.6 is 0 Å². The predicted molar refractivity (Wildman–Crippen MR) is 49.5 cm³/mol. The van der Waals surface area contributed by atoms with Gasteiger partial charge in [-0.1, -0.05) is 0 Å². The Morgan fingerprint density at radius 1 is 1.64 bits per heavy atom. The molecule has 0 saturated carbocycles. The number of nitrogens with two attached hydrogens (primary N) is 1. The van der Waals surface area contributed by atoms with Crippen LogP contribution in [0.4, 0.5) is 0 Å². The van der Waals surface area contributed by atoms with Gasteiger partial charge in [0.25, 0.3) is 0 Å². The highest BCUT2D eigenvalue weighted by molar-refractivity contribution is 5.87. The fourth-order valence-electron chi connectivity index (χ4n) is 1.92. The van der Waals surface area contributed by atoms with Gasteiger partial charge in [0.05, 0.1) is 6.61 Å². The topological polar surface area (TPSA) is 75.8 Å². The average Bonchev–Trinajstić information content (AvgIpc) is 2.51. The van der Waals surface area contributed by atoms with Gasteiger partial charge < -0.3 is 20.5 Å². The van der Waals surface area contributed by atoms with Gasteiger partial charge in [-0.3, -0.25) is 4.79 Å². The molecule has 1 unspecified atom stereocenters. The lowest BCUT2D eigenvalue weighted by Gasteiger charge is -2.41. The Kier molecular flexibility index (Phi) is 2.47. The lowest BCUT2D eigenvalue weighted by Crippen LogP contribution is -2.62. The van der Waals surface area contributed by atoms with Gasteiger partial charge in [0.15, 0.2) is 0 Å². The van der Waals surface area contributed by atoms with Gasteiger partial charge in [0.2, 0.25) is 5.91 Å². The van der Waals surface area contributed by atoms with Gasteiger partial charge in [0, 0.05) is 32.2 Å². The van der Waals surface area contributed by atoms with E-state index in [2.05, 4.69) is 0 Å². The van der Waals surface area contributed by atoms with Crippen LogP contribution in [0, 0.1) is 5.92 Å². The molecular formula is C9H16N2O3. The highest BCUT2D eigenvalue weighted by Gasteiger charge is 2.44. The molecule has 0 bridgehead atoms. The third kappa shape index (κ3) is 1.51. The molecule has 2 fully saturated rings. The first-order chi connectivity index (χ1) is 6.65. The van der Waals surface area contributed by atoms with Crippen molar-refractivity contribution in [1.29, 1.82) is 0 Å². The van der Waals surface area contributed by atoms with Crippen LogP contribution in [-0.4, -0.2) is 54.4 Å². The lowest BCUT2D eigenvalue weighted by atomic mass is 9.93. The molecule has 1 amide bonds. The van der Waals surface area contributed by atoms with Crippen LogP contribution in [0.25, 0.3) is 0 Å². The van der Waals surface area contributed by atoms with E-state index < -0.39 is 5.54 Å². The molecule has 2 aliphatic rings. The summed E-state index contributed by atoms with van der Waals surface area (Å²) in [5.74, 6) is 0.213. The predicted octanol–water partition coefficient (Wildman–Crippen LogP) is -1.45. The van der Waals surface area contributed by atoms with Crippen LogP contribution in [0.15, 0.2) is 0 Å². The Bertz CT molecular complexity index is 232. The molecule has 0 aromatic rings. The number of amides is 1. The Labute approximate surface area is 82.8 Å². The van der Waals surface area contributed by atoms with Crippen LogP contribution in [0.3, 0.4) is 0 Å². The Morgan fingerprint density at radius 3 is 2.86 bits per heavy atom. The summed E-state index contributed by atoms with van der Waals surface area (Å²) in [7, 11) is 0. The zero-order valence-corrected chi connectivity index (χ0v) is 8.11. The van der Waals surface area contributed by atoms with Gasteiger partial charge in [-0.25, -0.2) is 0 Å². The third-order valence-electron chi connectivity index (χ3n) is 2.98. The first-order valence-corrected chi connectivity index (χ1v) is 4.92. The van der Waals surface area contributed by atoms with Gasteiger partial charge in [-0.05, 0) is 6.42 Å². The number of aliphatic hydroxyl groups is 1. The number of carbonyl (C=O) groups excluding carboxylic acids is 1. The SMILES string of the molecule is NC1(C(=O)N2CC(CO)C2)CCOC1. The maximum atomic E-state index is 11.9. The monoisotopic (exact) mass is 200 g/mol. The second-order valence-electron chi connectivity index (χ2n) is 4.22. The van der Waals surface area contributed by atoms with Gasteiger partial charge >= 0.3 is 0 Å². The van der Waals surface area contributed by atoms with Crippen molar-refractivity contribution < 1.29 is 14.6 Å². The Balaban J connectivity index is 1.90. The minimum atomic E-state index is -0.805. The summed E-state index contributed by atoms with van der Waals surface area (Å²) in [4.78, 5) is 13.6. The Morgan fingerprint density at radius 2 is 2.36 bits per heavy atom. The maximum Gasteiger partial charge on any atom is 0.245 e. The van der Waals surface area contributed by atoms with Crippen LogP contribution < -0.4 is 5.73 Å². The summed E-state index contributed by atoms with van der Waals surface area (Å²) in [6.07, 6.45) is 0.603. The highest BCUT2D eigenvalue weighted by Crippen LogP contribution is 2.23. The average molecular weight is 200 g/mol. The number of aliphatic hydroxyl groups excluding tert-OH is 1. The molecular weight excluding hydrogens is 184 g/mol. The van der Waals surface area contributed by atoms with Gasteiger partial charge in [0.1, 0.15) is 5.54 Å². The number of rotatable bonds is 2. The van der Waals surface area contributed by atoms with E-state index in [-0.39, 0.29) is 18.4 Å². The molecule has 0 aliphatic carbocycles. The smallest absolute Gasteiger partial charge is 0.245 e. The summed E-state index contributed by atoms with van der Waals surface area (Å²) < 4.78 is 5.13. The van der Waals surface area contributed by atoms with Crippen LogP contribution in [0.5, 0.6) is 0 Å². The summed E-state index contributed by atoms with van der Waals surface area (Å²) in [6.45, 7) is 2.31. The normalized spacial score (nSPS) is 33.1. The number of ether oxygens (including phenoxy) is 1. The minimum absolute atomic E-state index is 0.0281. The Hall–Kier alpha value is -0.650. The van der Waals surface area contributed by atoms with Crippen molar-refractivity contribution in [3.8, 4) is 0 Å². The van der Waals surface area contributed by atoms with Crippen molar-refractivity contribution in [2.24, 2.45) is 11.7 Å². The second kappa shape index (κ2) is 3.49. The van der Waals surface area contributed by atoms with E-state index in [1.165, 1.54) is 0 Å². The summed E-state index contributed by atoms with van der Waals surface area (Å²) in [5.41, 5.74) is 5.12. The number of nitrogens with zero attached hydrogens (tertiary/aromatic N) is 1. The van der Waals surface area contributed by atoms with Crippen molar-refractivity contribution >= 4 is 5.91 Å². The molecule has 2 heterocycles. The van der Waals surface area contributed by atoms with Crippen molar-refractivity contribution in [1.82, 2.24) is 4.90 Å². The molecule has 2 aliphatic heterocycles. The van der Waals surface area contributed by atoms with Crippen LogP contribution in [-0.2, 0) is 9.53 Å². The summed E-state index contributed by atoms with van der Waals surface area (Å²) >= 11 is 0. The van der Waals surface area contributed by atoms with E-state index in [0.29, 0.717) is 32.7 Å². The molecule has 5 nitrogen and oxygen atoms in total. The first-order valence-electron chi connectivity index (χ1n) is 4.92. The standard InChI is InChI=1S/C9H16N2O3/c10-9(1-2-14-6-9)8(13)11-3-7(4-11)5-12/h7,12H,1-6,10H2. The molecule has 5 heteroatoms. The second-order valence-corrected chi connectivity index (χ2v) is 4.22. The zero-order chi connectivity index (χ0) is 10.2. The quantitative estimate of drug-likeness (QED) is 0.572. The zero-order valence-electron chi connectivity index (χ0n) is 8.11. The fourth-order valence-corrected chi connectivity index (χ4v) is 1.92. The van der Waals surface area contributed by atoms with E-state index in [0.717, 1.165) is 0 Å².